The summed E-state index contributed by atoms with van der Waals surface area (Å²) < 4.78 is 1.99. The smallest absolute Gasteiger partial charge is 0.0998 e. The van der Waals surface area contributed by atoms with Crippen LogP contribution in [-0.4, -0.2) is 4.57 Å². The molecule has 0 unspecified atom stereocenters. The Hall–Kier alpha value is -2.27. The molecule has 0 radical (unpaired) electrons. The van der Waals surface area contributed by atoms with Crippen LogP contribution in [0.3, 0.4) is 0 Å². The van der Waals surface area contributed by atoms with Crippen molar-refractivity contribution >= 4 is 11.6 Å². The molecule has 0 aliphatic carbocycles. The number of nitrogens with zero attached hydrogens (tertiary/aromatic N) is 2. The summed E-state index contributed by atoms with van der Waals surface area (Å²) in [7, 11) is 1.97. The Labute approximate surface area is 101 Å². The van der Waals surface area contributed by atoms with Crippen LogP contribution in [-0.2, 0) is 7.05 Å². The fourth-order valence-corrected chi connectivity index (χ4v) is 1.69. The van der Waals surface area contributed by atoms with Crippen LogP contribution >= 0.6 is 0 Å². The number of aryl methyl sites for hydroxylation is 2. The van der Waals surface area contributed by atoms with Gasteiger partial charge in [-0.05, 0) is 30.7 Å². The normalized spacial score (nSPS) is 11.2. The molecule has 2 heteroatoms. The van der Waals surface area contributed by atoms with Gasteiger partial charge in [0.25, 0.3) is 0 Å². The van der Waals surface area contributed by atoms with Crippen LogP contribution in [0.25, 0.3) is 11.6 Å². The van der Waals surface area contributed by atoms with Crippen molar-refractivity contribution in [2.75, 3.05) is 0 Å². The van der Waals surface area contributed by atoms with Gasteiger partial charge in [0.1, 0.15) is 0 Å². The largest absolute Gasteiger partial charge is 0.351 e. The Kier molecular flexibility index (Phi) is 3.11. The van der Waals surface area contributed by atoms with Gasteiger partial charge in [0.15, 0.2) is 0 Å². The van der Waals surface area contributed by atoms with Crippen molar-refractivity contribution in [3.05, 3.63) is 59.4 Å². The lowest BCUT2D eigenvalue weighted by atomic mass is 10.0. The van der Waals surface area contributed by atoms with Gasteiger partial charge in [-0.15, -0.1) is 0 Å². The maximum atomic E-state index is 9.21. The molecule has 0 N–H and O–H groups in total. The van der Waals surface area contributed by atoms with Gasteiger partial charge in [-0.25, -0.2) is 0 Å². The van der Waals surface area contributed by atoms with E-state index in [0.29, 0.717) is 5.57 Å². The van der Waals surface area contributed by atoms with E-state index in [1.54, 1.807) is 0 Å². The standard InChI is InChI=1S/C15H14N2/c1-12-5-7-13(8-6-12)14(11-16)10-15-4-3-9-17(15)2/h3-10H,1-2H3. The number of aromatic nitrogens is 1. The van der Waals surface area contributed by atoms with E-state index in [2.05, 4.69) is 6.07 Å². The molecule has 0 saturated heterocycles. The quantitative estimate of drug-likeness (QED) is 0.716. The average Bonchev–Trinajstić information content (AvgIpc) is 2.73. The van der Waals surface area contributed by atoms with Gasteiger partial charge in [0, 0.05) is 18.9 Å². The molecule has 84 valence electrons. The fourth-order valence-electron chi connectivity index (χ4n) is 1.69. The van der Waals surface area contributed by atoms with Crippen LogP contribution in [0, 0.1) is 18.3 Å². The van der Waals surface area contributed by atoms with E-state index in [9.17, 15) is 5.26 Å². The SMILES string of the molecule is Cc1ccc(C(C#N)=Cc2cccn2C)cc1. The summed E-state index contributed by atoms with van der Waals surface area (Å²) >= 11 is 0. The highest BCUT2D eigenvalue weighted by atomic mass is 14.9. The van der Waals surface area contributed by atoms with E-state index in [1.807, 2.05) is 67.2 Å². The summed E-state index contributed by atoms with van der Waals surface area (Å²) in [6.45, 7) is 2.04. The first-order valence-electron chi connectivity index (χ1n) is 5.51. The lowest BCUT2D eigenvalue weighted by Gasteiger charge is -2.01. The van der Waals surface area contributed by atoms with Gasteiger partial charge >= 0.3 is 0 Å². The van der Waals surface area contributed by atoms with Crippen LogP contribution in [0.5, 0.6) is 0 Å². The van der Waals surface area contributed by atoms with Crippen LogP contribution in [0.1, 0.15) is 16.8 Å². The van der Waals surface area contributed by atoms with E-state index < -0.39 is 0 Å². The molecule has 0 spiro atoms. The summed E-state index contributed by atoms with van der Waals surface area (Å²) in [5, 5.41) is 9.21. The molecule has 2 aromatic rings. The number of nitriles is 1. The van der Waals surface area contributed by atoms with Crippen molar-refractivity contribution in [3.63, 3.8) is 0 Å². The minimum absolute atomic E-state index is 0.687. The molecular weight excluding hydrogens is 208 g/mol. The summed E-state index contributed by atoms with van der Waals surface area (Å²) in [6, 6.07) is 14.2. The van der Waals surface area contributed by atoms with E-state index in [1.165, 1.54) is 5.56 Å². The molecule has 0 aliphatic rings. The molecule has 0 bridgehead atoms. The molecule has 0 atom stereocenters. The summed E-state index contributed by atoms with van der Waals surface area (Å²) in [6.07, 6.45) is 3.88. The van der Waals surface area contributed by atoms with Gasteiger partial charge in [0.05, 0.1) is 11.6 Å². The molecule has 0 aliphatic heterocycles. The molecule has 2 rings (SSSR count). The number of hydrogen-bond acceptors (Lipinski definition) is 1. The number of allylic oxidation sites excluding steroid dienone is 1. The Bertz CT molecular complexity index is 580. The fraction of sp³-hybridized carbons (Fsp3) is 0.133. The molecule has 1 heterocycles. The summed E-state index contributed by atoms with van der Waals surface area (Å²) in [4.78, 5) is 0. The molecule has 0 saturated carbocycles. The molecule has 1 aromatic heterocycles. The second-order valence-corrected chi connectivity index (χ2v) is 4.08. The van der Waals surface area contributed by atoms with Crippen LogP contribution in [0.15, 0.2) is 42.6 Å². The first kappa shape index (κ1) is 11.2. The lowest BCUT2D eigenvalue weighted by molar-refractivity contribution is 0.915. The molecule has 0 fully saturated rings. The Morgan fingerprint density at radius 2 is 1.94 bits per heavy atom. The Morgan fingerprint density at radius 3 is 2.47 bits per heavy atom. The van der Waals surface area contributed by atoms with Crippen LogP contribution < -0.4 is 0 Å². The zero-order chi connectivity index (χ0) is 12.3. The van der Waals surface area contributed by atoms with E-state index >= 15 is 0 Å². The Balaban J connectivity index is 2.41. The minimum atomic E-state index is 0.687. The van der Waals surface area contributed by atoms with Crippen LogP contribution in [0.2, 0.25) is 0 Å². The highest BCUT2D eigenvalue weighted by molar-refractivity contribution is 5.89. The third-order valence-corrected chi connectivity index (χ3v) is 2.76. The topological polar surface area (TPSA) is 28.7 Å². The molecule has 2 nitrogen and oxygen atoms in total. The first-order valence-corrected chi connectivity index (χ1v) is 5.51. The van der Waals surface area contributed by atoms with E-state index in [4.69, 9.17) is 0 Å². The highest BCUT2D eigenvalue weighted by Crippen LogP contribution is 2.18. The van der Waals surface area contributed by atoms with Crippen molar-refractivity contribution in [1.29, 1.82) is 5.26 Å². The third-order valence-electron chi connectivity index (χ3n) is 2.76. The molecule has 0 amide bonds. The maximum absolute atomic E-state index is 9.21. The van der Waals surface area contributed by atoms with Gasteiger partial charge < -0.3 is 4.57 Å². The second-order valence-electron chi connectivity index (χ2n) is 4.08. The average molecular weight is 222 g/mol. The van der Waals surface area contributed by atoms with Gasteiger partial charge in [-0.3, -0.25) is 0 Å². The zero-order valence-electron chi connectivity index (χ0n) is 10.0. The van der Waals surface area contributed by atoms with Crippen molar-refractivity contribution in [2.24, 2.45) is 7.05 Å². The predicted octanol–water partition coefficient (Wildman–Crippen LogP) is 3.40. The first-order chi connectivity index (χ1) is 8.20. The van der Waals surface area contributed by atoms with Gasteiger partial charge in [-0.1, -0.05) is 29.8 Å². The van der Waals surface area contributed by atoms with Crippen molar-refractivity contribution < 1.29 is 0 Å². The Morgan fingerprint density at radius 1 is 1.24 bits per heavy atom. The lowest BCUT2D eigenvalue weighted by Crippen LogP contribution is -1.89. The number of hydrogen-bond donors (Lipinski definition) is 0. The maximum Gasteiger partial charge on any atom is 0.0998 e. The van der Waals surface area contributed by atoms with Crippen molar-refractivity contribution in [2.45, 2.75) is 6.92 Å². The van der Waals surface area contributed by atoms with E-state index in [-0.39, 0.29) is 0 Å². The zero-order valence-corrected chi connectivity index (χ0v) is 10.0. The number of benzene rings is 1. The summed E-state index contributed by atoms with van der Waals surface area (Å²) in [5.74, 6) is 0. The van der Waals surface area contributed by atoms with Crippen LogP contribution in [0.4, 0.5) is 0 Å². The second kappa shape index (κ2) is 4.71. The number of rotatable bonds is 2. The van der Waals surface area contributed by atoms with Gasteiger partial charge in [0.2, 0.25) is 0 Å². The highest BCUT2D eigenvalue weighted by Gasteiger charge is 2.01. The predicted molar refractivity (Wildman–Crippen MR) is 70.1 cm³/mol. The summed E-state index contributed by atoms with van der Waals surface area (Å²) in [5.41, 5.74) is 3.87. The molecular formula is C15H14N2. The monoisotopic (exact) mass is 222 g/mol. The molecule has 17 heavy (non-hydrogen) atoms. The van der Waals surface area contributed by atoms with E-state index in [0.717, 1.165) is 11.3 Å². The molecule has 1 aromatic carbocycles. The van der Waals surface area contributed by atoms with Crippen molar-refractivity contribution in [3.8, 4) is 6.07 Å². The van der Waals surface area contributed by atoms with Crippen molar-refractivity contribution in [1.82, 2.24) is 4.57 Å². The minimum Gasteiger partial charge on any atom is -0.351 e. The van der Waals surface area contributed by atoms with Gasteiger partial charge in [-0.2, -0.15) is 5.26 Å². The third kappa shape index (κ3) is 2.46.